The molecule has 0 heterocycles. The van der Waals surface area contributed by atoms with Crippen LogP contribution in [-0.2, 0) is 9.53 Å². The number of allylic oxidation sites excluding steroid dienone is 1. The van der Waals surface area contributed by atoms with Crippen LogP contribution in [0.1, 0.15) is 40.5 Å². The Balaban J connectivity index is 2.11. The van der Waals surface area contributed by atoms with Crippen LogP contribution >= 0.6 is 0 Å². The van der Waals surface area contributed by atoms with E-state index in [0.717, 1.165) is 0 Å². The first kappa shape index (κ1) is 16.0. The van der Waals surface area contributed by atoms with E-state index in [1.807, 2.05) is 26.8 Å². The molecule has 0 aromatic rings. The lowest BCUT2D eigenvalue weighted by Gasteiger charge is -2.72. The fourth-order valence-electron chi connectivity index (χ4n) is 5.49. The Labute approximate surface area is 131 Å². The molecule has 0 aliphatic heterocycles. The first-order valence-corrected chi connectivity index (χ1v) is 7.93. The molecule has 6 unspecified atom stereocenters. The lowest BCUT2D eigenvalue weighted by Crippen LogP contribution is -2.79. The van der Waals surface area contributed by atoms with Crippen LogP contribution in [0.25, 0.3) is 0 Å². The minimum Gasteiger partial charge on any atom is -0.459 e. The second-order valence-corrected chi connectivity index (χ2v) is 8.19. The van der Waals surface area contributed by atoms with Gasteiger partial charge in [0.2, 0.25) is 0 Å². The van der Waals surface area contributed by atoms with E-state index in [4.69, 9.17) is 4.74 Å². The smallest absolute Gasteiger partial charge is 0.303 e. The largest absolute Gasteiger partial charge is 0.459 e. The summed E-state index contributed by atoms with van der Waals surface area (Å²) in [6, 6.07) is 0. The normalized spacial score (nSPS) is 51.7. The van der Waals surface area contributed by atoms with Crippen LogP contribution in [0.2, 0.25) is 0 Å². The third-order valence-corrected chi connectivity index (χ3v) is 6.86. The molecule has 3 aliphatic carbocycles. The van der Waals surface area contributed by atoms with Crippen LogP contribution in [0.5, 0.6) is 0 Å². The Kier molecular flexibility index (Phi) is 3.15. The second kappa shape index (κ2) is 4.34. The molecule has 0 bridgehead atoms. The number of rotatable bonds is 2. The van der Waals surface area contributed by atoms with Gasteiger partial charge in [0, 0.05) is 23.7 Å². The van der Waals surface area contributed by atoms with E-state index in [9.17, 15) is 20.1 Å². The first-order valence-electron chi connectivity index (χ1n) is 7.93. The zero-order valence-corrected chi connectivity index (χ0v) is 13.7. The van der Waals surface area contributed by atoms with Crippen molar-refractivity contribution >= 4 is 5.97 Å². The van der Waals surface area contributed by atoms with Crippen LogP contribution in [0.3, 0.4) is 0 Å². The minimum absolute atomic E-state index is 0.201. The predicted octanol–water partition coefficient (Wildman–Crippen LogP) is 1.01. The highest BCUT2D eigenvalue weighted by molar-refractivity contribution is 5.66. The summed E-state index contributed by atoms with van der Waals surface area (Å²) in [6.07, 6.45) is 3.27. The lowest BCUT2D eigenvalue weighted by atomic mass is 9.35. The monoisotopic (exact) mass is 310 g/mol. The van der Waals surface area contributed by atoms with Crippen molar-refractivity contribution in [2.24, 2.45) is 22.2 Å². The summed E-state index contributed by atoms with van der Waals surface area (Å²) in [4.78, 5) is 11.5. The van der Waals surface area contributed by atoms with Gasteiger partial charge in [-0.2, -0.15) is 0 Å². The Morgan fingerprint density at radius 2 is 1.95 bits per heavy atom. The van der Waals surface area contributed by atoms with Gasteiger partial charge in [0.25, 0.3) is 0 Å². The van der Waals surface area contributed by atoms with Crippen LogP contribution in [0.15, 0.2) is 12.2 Å². The van der Waals surface area contributed by atoms with Crippen molar-refractivity contribution in [2.45, 2.75) is 58.3 Å². The average Bonchev–Trinajstić information content (AvgIpc) is 2.66. The molecule has 0 saturated heterocycles. The van der Waals surface area contributed by atoms with E-state index in [-0.39, 0.29) is 12.5 Å². The van der Waals surface area contributed by atoms with Crippen molar-refractivity contribution in [3.8, 4) is 0 Å². The van der Waals surface area contributed by atoms with Gasteiger partial charge in [0.15, 0.2) is 0 Å². The molecule has 124 valence electrons. The van der Waals surface area contributed by atoms with E-state index in [1.165, 1.54) is 6.92 Å². The molecule has 0 aromatic heterocycles. The van der Waals surface area contributed by atoms with Crippen LogP contribution in [0, 0.1) is 22.2 Å². The number of ether oxygens (including phenoxy) is 1. The number of carbonyl (C=O) groups excluding carboxylic acids is 1. The molecule has 22 heavy (non-hydrogen) atoms. The van der Waals surface area contributed by atoms with Gasteiger partial charge in [-0.15, -0.1) is 0 Å². The highest BCUT2D eigenvalue weighted by Gasteiger charge is 2.78. The summed E-state index contributed by atoms with van der Waals surface area (Å²) in [5.41, 5.74) is -2.97. The second-order valence-electron chi connectivity index (χ2n) is 8.19. The summed E-state index contributed by atoms with van der Waals surface area (Å²) in [6.45, 7) is 7.01. The minimum atomic E-state index is -1.23. The van der Waals surface area contributed by atoms with Crippen LogP contribution < -0.4 is 0 Å². The SMILES string of the molecule is CC(=O)OC1CC2(C)C=CC(O)C2(CO)C2CC(C)(C)C12O. The van der Waals surface area contributed by atoms with E-state index >= 15 is 0 Å². The number of hydrogen-bond acceptors (Lipinski definition) is 5. The Hall–Kier alpha value is -0.910. The maximum absolute atomic E-state index is 11.5. The molecule has 0 aromatic carbocycles. The molecule has 0 radical (unpaired) electrons. The molecular formula is C17H26O5. The number of fused-ring (bicyclic) bond motifs is 3. The van der Waals surface area contributed by atoms with Gasteiger partial charge in [-0.3, -0.25) is 4.79 Å². The molecule has 3 aliphatic rings. The van der Waals surface area contributed by atoms with Crippen molar-refractivity contribution in [1.29, 1.82) is 0 Å². The molecular weight excluding hydrogens is 284 g/mol. The molecule has 2 saturated carbocycles. The van der Waals surface area contributed by atoms with E-state index in [1.54, 1.807) is 6.08 Å². The number of esters is 1. The third-order valence-electron chi connectivity index (χ3n) is 6.86. The fraction of sp³-hybridized carbons (Fsp3) is 0.824. The summed E-state index contributed by atoms with van der Waals surface area (Å²) < 4.78 is 5.48. The molecule has 0 spiro atoms. The van der Waals surface area contributed by atoms with E-state index in [2.05, 4.69) is 0 Å². The molecule has 3 rings (SSSR count). The zero-order chi connectivity index (χ0) is 16.6. The maximum atomic E-state index is 11.5. The maximum Gasteiger partial charge on any atom is 0.303 e. The van der Waals surface area contributed by atoms with Crippen molar-refractivity contribution in [3.63, 3.8) is 0 Å². The fourth-order valence-corrected chi connectivity index (χ4v) is 5.49. The zero-order valence-electron chi connectivity index (χ0n) is 13.7. The van der Waals surface area contributed by atoms with Crippen LogP contribution in [-0.4, -0.2) is 45.7 Å². The number of hydrogen-bond donors (Lipinski definition) is 3. The van der Waals surface area contributed by atoms with Gasteiger partial charge in [0.05, 0.1) is 12.7 Å². The molecule has 3 N–H and O–H groups in total. The van der Waals surface area contributed by atoms with Gasteiger partial charge in [0.1, 0.15) is 11.7 Å². The lowest BCUT2D eigenvalue weighted by molar-refractivity contribution is -0.340. The van der Waals surface area contributed by atoms with Gasteiger partial charge < -0.3 is 20.1 Å². The molecule has 5 heteroatoms. The van der Waals surface area contributed by atoms with Gasteiger partial charge >= 0.3 is 5.97 Å². The van der Waals surface area contributed by atoms with Crippen molar-refractivity contribution in [2.75, 3.05) is 6.61 Å². The Morgan fingerprint density at radius 3 is 2.45 bits per heavy atom. The average molecular weight is 310 g/mol. The number of aliphatic hydroxyl groups excluding tert-OH is 2. The molecule has 6 atom stereocenters. The summed E-state index contributed by atoms with van der Waals surface area (Å²) in [5, 5.41) is 32.1. The molecule has 5 nitrogen and oxygen atoms in total. The Morgan fingerprint density at radius 1 is 1.32 bits per heavy atom. The summed E-state index contributed by atoms with van der Waals surface area (Å²) in [7, 11) is 0. The van der Waals surface area contributed by atoms with Gasteiger partial charge in [-0.25, -0.2) is 0 Å². The predicted molar refractivity (Wildman–Crippen MR) is 79.8 cm³/mol. The van der Waals surface area contributed by atoms with Crippen molar-refractivity contribution in [3.05, 3.63) is 12.2 Å². The van der Waals surface area contributed by atoms with Crippen molar-refractivity contribution < 1.29 is 24.9 Å². The van der Waals surface area contributed by atoms with E-state index in [0.29, 0.717) is 12.8 Å². The van der Waals surface area contributed by atoms with Gasteiger partial charge in [-0.1, -0.05) is 32.9 Å². The Bertz CT molecular complexity index is 541. The summed E-state index contributed by atoms with van der Waals surface area (Å²) >= 11 is 0. The van der Waals surface area contributed by atoms with Crippen LogP contribution in [0.4, 0.5) is 0 Å². The molecule has 0 amide bonds. The number of aliphatic hydroxyl groups is 3. The van der Waals surface area contributed by atoms with E-state index < -0.39 is 40.0 Å². The first-order chi connectivity index (χ1) is 10.0. The third kappa shape index (κ3) is 1.52. The standard InChI is InChI=1S/C17H26O5/c1-10(19)22-13-8-15(4)6-5-12(20)16(15,9-18)11-7-14(2,3)17(11,13)21/h5-6,11-13,18,20-21H,7-9H2,1-4H3. The van der Waals surface area contributed by atoms with Gasteiger partial charge in [-0.05, 0) is 18.3 Å². The quantitative estimate of drug-likeness (QED) is 0.523. The molecule has 2 fully saturated rings. The van der Waals surface area contributed by atoms with Crippen molar-refractivity contribution in [1.82, 2.24) is 0 Å². The number of carbonyl (C=O) groups is 1. The highest BCUT2D eigenvalue weighted by Crippen LogP contribution is 2.73. The summed E-state index contributed by atoms with van der Waals surface area (Å²) in [5.74, 6) is -0.726. The highest BCUT2D eigenvalue weighted by atomic mass is 16.6. The topological polar surface area (TPSA) is 87.0 Å².